The van der Waals surface area contributed by atoms with E-state index < -0.39 is 0 Å². The van der Waals surface area contributed by atoms with E-state index in [9.17, 15) is 0 Å². The van der Waals surface area contributed by atoms with Crippen molar-refractivity contribution >= 4 is 6.08 Å². The molecule has 1 aromatic rings. The third-order valence-corrected chi connectivity index (χ3v) is 1.27. The summed E-state index contributed by atoms with van der Waals surface area (Å²) in [6, 6.07) is 10.0. The topological polar surface area (TPSA) is 0 Å². The Morgan fingerprint density at radius 1 is 1.09 bits per heavy atom. The quantitative estimate of drug-likeness (QED) is 0.530. The Morgan fingerprint density at radius 3 is 1.91 bits per heavy atom. The van der Waals surface area contributed by atoms with E-state index in [0.29, 0.717) is 0 Å². The van der Waals surface area contributed by atoms with Gasteiger partial charge in [-0.15, -0.1) is 0 Å². The van der Waals surface area contributed by atoms with Gasteiger partial charge in [0, 0.05) is 0 Å². The van der Waals surface area contributed by atoms with E-state index in [1.165, 1.54) is 12.0 Å². The highest BCUT2D eigenvalue weighted by atomic mass is 13.8. The standard InChI is InChI=1S/C8H8.C3H4/c1-2-8-6-4-3-5-7-8;1-2-3-1/h2-7H,1H2;1-2H,3H2. The molecular weight excluding hydrogens is 132 g/mol. The number of hydrogen-bond donors (Lipinski definition) is 0. The maximum absolute atomic E-state index is 3.63. The van der Waals surface area contributed by atoms with Crippen molar-refractivity contribution in [1.29, 1.82) is 0 Å². The third kappa shape index (κ3) is 4.15. The Morgan fingerprint density at radius 2 is 1.64 bits per heavy atom. The van der Waals surface area contributed by atoms with Crippen LogP contribution in [0.5, 0.6) is 0 Å². The summed E-state index contributed by atoms with van der Waals surface area (Å²) < 4.78 is 0. The number of allylic oxidation sites excluding steroid dienone is 2. The van der Waals surface area contributed by atoms with Crippen molar-refractivity contribution in [3.8, 4) is 0 Å². The highest BCUT2D eigenvalue weighted by molar-refractivity contribution is 5.45. The SMILES string of the molecule is C1=CC1.C=Cc1ccccc1. The molecule has 2 rings (SSSR count). The van der Waals surface area contributed by atoms with Crippen molar-refractivity contribution in [3.05, 3.63) is 54.6 Å². The molecule has 0 heteroatoms. The molecule has 0 saturated heterocycles. The summed E-state index contributed by atoms with van der Waals surface area (Å²) in [4.78, 5) is 0. The maximum Gasteiger partial charge on any atom is -0.0169 e. The lowest BCUT2D eigenvalue weighted by molar-refractivity contribution is 1.67. The van der Waals surface area contributed by atoms with E-state index in [4.69, 9.17) is 0 Å². The average Bonchev–Trinajstić information content (AvgIpc) is 2.92. The highest BCUT2D eigenvalue weighted by Gasteiger charge is 1.76. The second-order valence-corrected chi connectivity index (χ2v) is 2.32. The van der Waals surface area contributed by atoms with Gasteiger partial charge in [-0.05, 0) is 12.0 Å². The van der Waals surface area contributed by atoms with Crippen LogP contribution in [-0.2, 0) is 0 Å². The summed E-state index contributed by atoms with van der Waals surface area (Å²) in [7, 11) is 0. The number of benzene rings is 1. The van der Waals surface area contributed by atoms with Gasteiger partial charge in [0.1, 0.15) is 0 Å². The number of hydrogen-bond acceptors (Lipinski definition) is 0. The number of rotatable bonds is 1. The molecule has 0 saturated carbocycles. The third-order valence-electron chi connectivity index (χ3n) is 1.27. The van der Waals surface area contributed by atoms with Crippen molar-refractivity contribution in [2.45, 2.75) is 6.42 Å². The Bertz CT molecular complexity index is 227. The smallest absolute Gasteiger partial charge is 0.0169 e. The maximum atomic E-state index is 3.63. The lowest BCUT2D eigenvalue weighted by atomic mass is 10.2. The first-order valence-electron chi connectivity index (χ1n) is 3.76. The summed E-state index contributed by atoms with van der Waals surface area (Å²) in [5.41, 5.74) is 1.17. The van der Waals surface area contributed by atoms with Gasteiger partial charge in [0.05, 0.1) is 0 Å². The molecule has 0 atom stereocenters. The Kier molecular flexibility index (Phi) is 3.20. The normalized spacial score (nSPS) is 11.3. The van der Waals surface area contributed by atoms with E-state index in [2.05, 4.69) is 18.7 Å². The fraction of sp³-hybridized carbons (Fsp3) is 0.0909. The molecule has 0 aliphatic heterocycles. The van der Waals surface area contributed by atoms with Crippen molar-refractivity contribution in [2.75, 3.05) is 0 Å². The molecule has 0 bridgehead atoms. The molecule has 0 radical (unpaired) electrons. The molecule has 0 aromatic heterocycles. The molecule has 11 heavy (non-hydrogen) atoms. The molecule has 1 aromatic carbocycles. The zero-order chi connectivity index (χ0) is 7.94. The molecule has 1 aliphatic rings. The largest absolute Gasteiger partial charge is 0.0985 e. The lowest BCUT2D eigenvalue weighted by Crippen LogP contribution is -1.63. The van der Waals surface area contributed by atoms with Gasteiger partial charge in [0.2, 0.25) is 0 Å². The fourth-order valence-corrected chi connectivity index (χ4v) is 0.589. The van der Waals surface area contributed by atoms with Gasteiger partial charge in [-0.2, -0.15) is 0 Å². The van der Waals surface area contributed by atoms with Gasteiger partial charge >= 0.3 is 0 Å². The van der Waals surface area contributed by atoms with Crippen LogP contribution in [0.15, 0.2) is 49.1 Å². The van der Waals surface area contributed by atoms with Crippen LogP contribution in [0, 0.1) is 0 Å². The van der Waals surface area contributed by atoms with Crippen molar-refractivity contribution < 1.29 is 0 Å². The van der Waals surface area contributed by atoms with Crippen LogP contribution in [0.2, 0.25) is 0 Å². The predicted octanol–water partition coefficient (Wildman–Crippen LogP) is 3.28. The zero-order valence-electron chi connectivity index (χ0n) is 6.53. The van der Waals surface area contributed by atoms with Crippen molar-refractivity contribution in [1.82, 2.24) is 0 Å². The van der Waals surface area contributed by atoms with Gasteiger partial charge in [-0.1, -0.05) is 55.1 Å². The lowest BCUT2D eigenvalue weighted by Gasteiger charge is -1.85. The molecule has 56 valence electrons. The van der Waals surface area contributed by atoms with Gasteiger partial charge in [0.25, 0.3) is 0 Å². The zero-order valence-corrected chi connectivity index (χ0v) is 6.53. The first kappa shape index (κ1) is 7.80. The summed E-state index contributed by atoms with van der Waals surface area (Å²) in [6.45, 7) is 3.63. The Balaban J connectivity index is 0.000000167. The summed E-state index contributed by atoms with van der Waals surface area (Å²) in [5.74, 6) is 0. The summed E-state index contributed by atoms with van der Waals surface area (Å²) >= 11 is 0. The monoisotopic (exact) mass is 144 g/mol. The molecule has 0 nitrogen and oxygen atoms in total. The molecule has 1 aliphatic carbocycles. The molecule has 0 unspecified atom stereocenters. The van der Waals surface area contributed by atoms with Gasteiger partial charge in [0.15, 0.2) is 0 Å². The van der Waals surface area contributed by atoms with Crippen molar-refractivity contribution in [3.63, 3.8) is 0 Å². The highest BCUT2D eigenvalue weighted by Crippen LogP contribution is 1.97. The minimum Gasteiger partial charge on any atom is -0.0985 e. The Hall–Kier alpha value is -1.30. The second-order valence-electron chi connectivity index (χ2n) is 2.32. The van der Waals surface area contributed by atoms with Crippen LogP contribution in [-0.4, -0.2) is 0 Å². The minimum absolute atomic E-state index is 1.17. The van der Waals surface area contributed by atoms with Crippen LogP contribution < -0.4 is 0 Å². The first-order chi connectivity index (χ1) is 5.43. The second kappa shape index (κ2) is 4.51. The van der Waals surface area contributed by atoms with E-state index in [0.717, 1.165) is 0 Å². The molecule has 0 amide bonds. The van der Waals surface area contributed by atoms with Crippen LogP contribution >= 0.6 is 0 Å². The van der Waals surface area contributed by atoms with E-state index in [1.54, 1.807) is 0 Å². The van der Waals surface area contributed by atoms with Crippen LogP contribution in [0.25, 0.3) is 6.08 Å². The van der Waals surface area contributed by atoms with E-state index in [1.807, 2.05) is 36.4 Å². The molecular formula is C11H12. The van der Waals surface area contributed by atoms with Crippen LogP contribution in [0.1, 0.15) is 12.0 Å². The van der Waals surface area contributed by atoms with Crippen LogP contribution in [0.4, 0.5) is 0 Å². The minimum atomic E-state index is 1.17. The van der Waals surface area contributed by atoms with E-state index in [-0.39, 0.29) is 0 Å². The predicted molar refractivity (Wildman–Crippen MR) is 50.3 cm³/mol. The van der Waals surface area contributed by atoms with Crippen molar-refractivity contribution in [2.24, 2.45) is 0 Å². The molecule has 0 heterocycles. The molecule has 0 N–H and O–H groups in total. The Labute approximate surface area is 67.9 Å². The summed E-state index contributed by atoms with van der Waals surface area (Å²) in [6.07, 6.45) is 7.33. The average molecular weight is 144 g/mol. The van der Waals surface area contributed by atoms with Gasteiger partial charge in [-0.25, -0.2) is 0 Å². The van der Waals surface area contributed by atoms with Gasteiger partial charge in [-0.3, -0.25) is 0 Å². The fourth-order valence-electron chi connectivity index (χ4n) is 0.589. The van der Waals surface area contributed by atoms with Crippen LogP contribution in [0.3, 0.4) is 0 Å². The van der Waals surface area contributed by atoms with E-state index >= 15 is 0 Å². The molecule has 0 fully saturated rings. The van der Waals surface area contributed by atoms with Gasteiger partial charge < -0.3 is 0 Å². The molecule has 0 spiro atoms. The first-order valence-corrected chi connectivity index (χ1v) is 3.76. The summed E-state index contributed by atoms with van der Waals surface area (Å²) in [5, 5.41) is 0.